The van der Waals surface area contributed by atoms with E-state index in [1.807, 2.05) is 19.1 Å². The van der Waals surface area contributed by atoms with Crippen molar-refractivity contribution >= 4 is 17.7 Å². The highest BCUT2D eigenvalue weighted by Crippen LogP contribution is 2.43. The van der Waals surface area contributed by atoms with Crippen LogP contribution in [0.1, 0.15) is 58.4 Å². The first-order valence-corrected chi connectivity index (χ1v) is 10.3. The predicted octanol–water partition coefficient (Wildman–Crippen LogP) is 2.94. The van der Waals surface area contributed by atoms with E-state index in [2.05, 4.69) is 4.98 Å². The summed E-state index contributed by atoms with van der Waals surface area (Å²) in [4.78, 5) is 43.9. The van der Waals surface area contributed by atoms with Crippen LogP contribution >= 0.6 is 0 Å². The zero-order chi connectivity index (χ0) is 20.3. The van der Waals surface area contributed by atoms with Gasteiger partial charge in [-0.15, -0.1) is 0 Å². The summed E-state index contributed by atoms with van der Waals surface area (Å²) in [6.07, 6.45) is 8.17. The largest absolute Gasteiger partial charge is 0.464 e. The van der Waals surface area contributed by atoms with Gasteiger partial charge in [-0.25, -0.2) is 4.79 Å². The first-order chi connectivity index (χ1) is 13.3. The molecule has 28 heavy (non-hydrogen) atoms. The van der Waals surface area contributed by atoms with E-state index in [-0.39, 0.29) is 17.9 Å². The molecule has 6 nitrogen and oxygen atoms in total. The van der Waals surface area contributed by atoms with E-state index in [9.17, 15) is 14.4 Å². The van der Waals surface area contributed by atoms with Crippen LogP contribution in [-0.4, -0.2) is 46.2 Å². The SMILES string of the molecule is CCC(C)(C)C(=O)C(=O)N1C2CCC(C2)[C@H]1C(=O)OCCCc1ccncc1. The first-order valence-electron chi connectivity index (χ1n) is 10.3. The standard InChI is InChI=1S/C22H30N2O4/c1-4-22(2,3)19(25)20(26)24-17-8-7-16(14-17)18(24)21(27)28-13-5-6-15-9-11-23-12-10-15/h9-12,16-18H,4-8,13-14H2,1-3H3/t16?,17?,18-/m0/s1. The van der Waals surface area contributed by atoms with Crippen molar-refractivity contribution in [2.45, 2.75) is 71.4 Å². The van der Waals surface area contributed by atoms with E-state index in [0.717, 1.165) is 31.2 Å². The number of likely N-dealkylation sites (tertiary alicyclic amines) is 1. The average Bonchev–Trinajstić information content (AvgIpc) is 3.32. The molecule has 1 aromatic heterocycles. The van der Waals surface area contributed by atoms with E-state index in [1.165, 1.54) is 0 Å². The van der Waals surface area contributed by atoms with Crippen LogP contribution in [-0.2, 0) is 25.5 Å². The molecule has 1 saturated carbocycles. The van der Waals surface area contributed by atoms with E-state index in [1.54, 1.807) is 31.1 Å². The van der Waals surface area contributed by atoms with Gasteiger partial charge in [0.25, 0.3) is 5.91 Å². The zero-order valence-corrected chi connectivity index (χ0v) is 17.0. The van der Waals surface area contributed by atoms with Crippen LogP contribution in [0.2, 0.25) is 0 Å². The minimum Gasteiger partial charge on any atom is -0.464 e. The summed E-state index contributed by atoms with van der Waals surface area (Å²) in [5.41, 5.74) is 0.438. The van der Waals surface area contributed by atoms with Gasteiger partial charge in [0.15, 0.2) is 0 Å². The lowest BCUT2D eigenvalue weighted by Gasteiger charge is -2.35. The lowest BCUT2D eigenvalue weighted by atomic mass is 9.84. The van der Waals surface area contributed by atoms with Crippen molar-refractivity contribution in [1.29, 1.82) is 0 Å². The Morgan fingerprint density at radius 3 is 2.61 bits per heavy atom. The van der Waals surface area contributed by atoms with Gasteiger partial charge in [0.2, 0.25) is 5.78 Å². The number of amides is 1. The molecule has 0 N–H and O–H groups in total. The number of hydrogen-bond acceptors (Lipinski definition) is 5. The van der Waals surface area contributed by atoms with Crippen LogP contribution in [0.3, 0.4) is 0 Å². The van der Waals surface area contributed by atoms with Crippen LogP contribution < -0.4 is 0 Å². The number of piperidine rings is 1. The molecule has 2 unspecified atom stereocenters. The summed E-state index contributed by atoms with van der Waals surface area (Å²) in [5, 5.41) is 0. The normalized spacial score (nSPS) is 23.7. The Labute approximate surface area is 166 Å². The maximum atomic E-state index is 12.9. The summed E-state index contributed by atoms with van der Waals surface area (Å²) in [5.74, 6) is -1.17. The second kappa shape index (κ2) is 8.41. The summed E-state index contributed by atoms with van der Waals surface area (Å²) in [6, 6.07) is 3.27. The third-order valence-corrected chi connectivity index (χ3v) is 6.36. The number of pyridine rings is 1. The summed E-state index contributed by atoms with van der Waals surface area (Å²) < 4.78 is 5.51. The smallest absolute Gasteiger partial charge is 0.329 e. The molecule has 2 fully saturated rings. The van der Waals surface area contributed by atoms with E-state index < -0.39 is 23.1 Å². The molecule has 1 amide bonds. The molecule has 3 rings (SSSR count). The fourth-order valence-corrected chi connectivity index (χ4v) is 4.23. The second-order valence-electron chi connectivity index (χ2n) is 8.58. The number of esters is 1. The highest BCUT2D eigenvalue weighted by Gasteiger charge is 2.54. The summed E-state index contributed by atoms with van der Waals surface area (Å²) >= 11 is 0. The number of aryl methyl sites for hydroxylation is 1. The average molecular weight is 386 g/mol. The van der Waals surface area contributed by atoms with Gasteiger partial charge in [0.05, 0.1) is 6.61 Å². The van der Waals surface area contributed by atoms with Crippen molar-refractivity contribution in [3.8, 4) is 0 Å². The van der Waals surface area contributed by atoms with Gasteiger partial charge in [0, 0.05) is 23.9 Å². The highest BCUT2D eigenvalue weighted by molar-refractivity contribution is 6.38. The number of nitrogens with zero attached hydrogens (tertiary/aromatic N) is 2. The number of ether oxygens (including phenoxy) is 1. The lowest BCUT2D eigenvalue weighted by Crippen LogP contribution is -2.54. The second-order valence-corrected chi connectivity index (χ2v) is 8.58. The third-order valence-electron chi connectivity index (χ3n) is 6.36. The predicted molar refractivity (Wildman–Crippen MR) is 104 cm³/mol. The van der Waals surface area contributed by atoms with Crippen molar-refractivity contribution in [2.75, 3.05) is 6.61 Å². The lowest BCUT2D eigenvalue weighted by molar-refractivity contribution is -0.161. The molecular formula is C22H30N2O4. The van der Waals surface area contributed by atoms with Crippen molar-refractivity contribution in [3.63, 3.8) is 0 Å². The molecule has 0 spiro atoms. The molecule has 1 aliphatic carbocycles. The van der Waals surface area contributed by atoms with Crippen molar-refractivity contribution in [3.05, 3.63) is 30.1 Å². The number of ketones is 1. The van der Waals surface area contributed by atoms with Crippen LogP contribution in [0.15, 0.2) is 24.5 Å². The Morgan fingerprint density at radius 1 is 1.21 bits per heavy atom. The third kappa shape index (κ3) is 4.10. The highest BCUT2D eigenvalue weighted by atomic mass is 16.5. The van der Waals surface area contributed by atoms with Crippen LogP contribution in [0, 0.1) is 11.3 Å². The summed E-state index contributed by atoms with van der Waals surface area (Å²) in [6.45, 7) is 5.78. The molecule has 1 aliphatic heterocycles. The van der Waals surface area contributed by atoms with E-state index in [0.29, 0.717) is 19.4 Å². The number of carbonyl (C=O) groups is 3. The number of aromatic nitrogens is 1. The maximum absolute atomic E-state index is 12.9. The van der Waals surface area contributed by atoms with Gasteiger partial charge < -0.3 is 9.64 Å². The monoisotopic (exact) mass is 386 g/mol. The summed E-state index contributed by atoms with van der Waals surface area (Å²) in [7, 11) is 0. The Balaban J connectivity index is 1.60. The van der Waals surface area contributed by atoms with Gasteiger partial charge in [-0.2, -0.15) is 0 Å². The molecule has 0 aromatic carbocycles. The number of fused-ring (bicyclic) bond motifs is 2. The minimum atomic E-state index is -0.710. The van der Waals surface area contributed by atoms with Crippen molar-refractivity contribution in [2.24, 2.45) is 11.3 Å². The number of rotatable bonds is 8. The van der Waals surface area contributed by atoms with Crippen molar-refractivity contribution in [1.82, 2.24) is 9.88 Å². The molecule has 2 aliphatic rings. The molecule has 1 saturated heterocycles. The van der Waals surface area contributed by atoms with Gasteiger partial charge >= 0.3 is 5.97 Å². The molecule has 2 bridgehead atoms. The van der Waals surface area contributed by atoms with Crippen LogP contribution in [0.4, 0.5) is 0 Å². The van der Waals surface area contributed by atoms with Crippen molar-refractivity contribution < 1.29 is 19.1 Å². The molecule has 1 aromatic rings. The Bertz CT molecular complexity index is 731. The van der Waals surface area contributed by atoms with Gasteiger partial charge in [-0.3, -0.25) is 14.6 Å². The van der Waals surface area contributed by atoms with Crippen LogP contribution in [0.25, 0.3) is 0 Å². The van der Waals surface area contributed by atoms with E-state index in [4.69, 9.17) is 4.74 Å². The molecule has 3 atom stereocenters. The topological polar surface area (TPSA) is 76.6 Å². The Hall–Kier alpha value is -2.24. The fourth-order valence-electron chi connectivity index (χ4n) is 4.23. The van der Waals surface area contributed by atoms with Gasteiger partial charge in [0.1, 0.15) is 6.04 Å². The maximum Gasteiger partial charge on any atom is 0.329 e. The first kappa shape index (κ1) is 20.5. The zero-order valence-electron chi connectivity index (χ0n) is 17.0. The van der Waals surface area contributed by atoms with Gasteiger partial charge in [-0.1, -0.05) is 20.8 Å². The quantitative estimate of drug-likeness (QED) is 0.390. The van der Waals surface area contributed by atoms with Gasteiger partial charge in [-0.05, 0) is 62.1 Å². The molecular weight excluding hydrogens is 356 g/mol. The minimum absolute atomic E-state index is 0.0107. The van der Waals surface area contributed by atoms with E-state index >= 15 is 0 Å². The van der Waals surface area contributed by atoms with Crippen LogP contribution in [0.5, 0.6) is 0 Å². The Kier molecular flexibility index (Phi) is 6.16. The molecule has 6 heteroatoms. The Morgan fingerprint density at radius 2 is 1.93 bits per heavy atom. The number of Topliss-reactive ketones (excluding diaryl/α,β-unsaturated/α-hetero) is 1. The fraction of sp³-hybridized carbons (Fsp3) is 0.636. The molecule has 2 heterocycles. The molecule has 152 valence electrons. The number of carbonyl (C=O) groups excluding carboxylic acids is 3. The molecule has 0 radical (unpaired) electrons. The number of hydrogen-bond donors (Lipinski definition) is 0.